The fraction of sp³-hybridized carbons (Fsp3) is 1.00. The summed E-state index contributed by atoms with van der Waals surface area (Å²) in [6.45, 7) is 3.58. The molecule has 6 heavy (non-hydrogen) atoms. The van der Waals surface area contributed by atoms with Gasteiger partial charge in [0.2, 0.25) is 0 Å². The molecule has 0 spiro atoms. The summed E-state index contributed by atoms with van der Waals surface area (Å²) in [7, 11) is 1.41. The summed E-state index contributed by atoms with van der Waals surface area (Å²) in [5.74, 6) is 0. The SMILES string of the molecule is CC(C)N(C)F. The van der Waals surface area contributed by atoms with Crippen molar-refractivity contribution in [3.05, 3.63) is 0 Å². The van der Waals surface area contributed by atoms with E-state index >= 15 is 0 Å². The van der Waals surface area contributed by atoms with Gasteiger partial charge in [-0.2, -0.15) is 0 Å². The van der Waals surface area contributed by atoms with Crippen molar-refractivity contribution in [1.29, 1.82) is 0 Å². The van der Waals surface area contributed by atoms with Crippen LogP contribution in [0.2, 0.25) is 0 Å². The quantitative estimate of drug-likeness (QED) is 0.438. The van der Waals surface area contributed by atoms with Crippen molar-refractivity contribution in [2.24, 2.45) is 0 Å². The maximum Gasteiger partial charge on any atom is 0.0342 e. The number of rotatable bonds is 1. The highest BCUT2D eigenvalue weighted by Gasteiger charge is 1.95. The molecule has 0 unspecified atom stereocenters. The van der Waals surface area contributed by atoms with Crippen molar-refractivity contribution in [2.45, 2.75) is 19.9 Å². The van der Waals surface area contributed by atoms with Crippen LogP contribution in [-0.4, -0.2) is 18.2 Å². The lowest BCUT2D eigenvalue weighted by Crippen LogP contribution is -2.15. The van der Waals surface area contributed by atoms with E-state index in [1.54, 1.807) is 13.8 Å². The van der Waals surface area contributed by atoms with E-state index in [-0.39, 0.29) is 6.04 Å². The van der Waals surface area contributed by atoms with Gasteiger partial charge in [0.25, 0.3) is 0 Å². The second-order valence-corrected chi connectivity index (χ2v) is 1.62. The molecule has 0 bridgehead atoms. The van der Waals surface area contributed by atoms with Crippen molar-refractivity contribution in [3.8, 4) is 0 Å². The lowest BCUT2D eigenvalue weighted by molar-refractivity contribution is 0.0247. The van der Waals surface area contributed by atoms with Crippen molar-refractivity contribution in [3.63, 3.8) is 0 Å². The Kier molecular flexibility index (Phi) is 2.09. The molecule has 0 rings (SSSR count). The second kappa shape index (κ2) is 2.13. The van der Waals surface area contributed by atoms with Crippen molar-refractivity contribution in [1.82, 2.24) is 5.12 Å². The molecule has 0 aromatic carbocycles. The molecule has 0 heterocycles. The first-order chi connectivity index (χ1) is 2.64. The van der Waals surface area contributed by atoms with Gasteiger partial charge in [-0.25, -0.2) is 0 Å². The monoisotopic (exact) mass is 91.1 g/mol. The minimum atomic E-state index is 0.0185. The van der Waals surface area contributed by atoms with Crippen LogP contribution in [0.5, 0.6) is 0 Å². The summed E-state index contributed by atoms with van der Waals surface area (Å²) < 4.78 is 11.7. The molecule has 0 aliphatic rings. The van der Waals surface area contributed by atoms with Gasteiger partial charge in [0.15, 0.2) is 0 Å². The third kappa shape index (κ3) is 2.15. The predicted octanol–water partition coefficient (Wildman–Crippen LogP) is 1.21. The summed E-state index contributed by atoms with van der Waals surface area (Å²) in [6.07, 6.45) is 0. The van der Waals surface area contributed by atoms with Crippen LogP contribution in [0.15, 0.2) is 0 Å². The Balaban J connectivity index is 2.99. The van der Waals surface area contributed by atoms with Crippen LogP contribution in [0, 0.1) is 0 Å². The summed E-state index contributed by atoms with van der Waals surface area (Å²) >= 11 is 0. The van der Waals surface area contributed by atoms with E-state index in [0.717, 1.165) is 0 Å². The smallest absolute Gasteiger partial charge is 0.0342 e. The molecule has 0 saturated heterocycles. The normalized spacial score (nSPS) is 11.0. The maximum atomic E-state index is 11.7. The molecule has 38 valence electrons. The van der Waals surface area contributed by atoms with Gasteiger partial charge in [-0.3, -0.25) is 0 Å². The zero-order valence-electron chi connectivity index (χ0n) is 4.40. The van der Waals surface area contributed by atoms with E-state index in [1.807, 2.05) is 0 Å². The average molecular weight is 91.1 g/mol. The minimum absolute atomic E-state index is 0.0185. The Morgan fingerprint density at radius 3 is 1.67 bits per heavy atom. The van der Waals surface area contributed by atoms with Gasteiger partial charge in [0.05, 0.1) is 0 Å². The van der Waals surface area contributed by atoms with E-state index in [4.69, 9.17) is 0 Å². The lowest BCUT2D eigenvalue weighted by atomic mass is 10.4. The zero-order chi connectivity index (χ0) is 5.15. The van der Waals surface area contributed by atoms with Crippen LogP contribution in [-0.2, 0) is 0 Å². The first kappa shape index (κ1) is 5.89. The van der Waals surface area contributed by atoms with E-state index in [1.165, 1.54) is 7.05 Å². The minimum Gasteiger partial charge on any atom is -0.147 e. The molecule has 2 heteroatoms. The van der Waals surface area contributed by atoms with Crippen LogP contribution >= 0.6 is 0 Å². The van der Waals surface area contributed by atoms with Gasteiger partial charge in [-0.1, -0.05) is 0 Å². The van der Waals surface area contributed by atoms with Crippen LogP contribution in [0.3, 0.4) is 0 Å². The Bertz CT molecular complexity index is 28.5. The molecular formula is C4H10FN. The van der Waals surface area contributed by atoms with Crippen LogP contribution in [0.1, 0.15) is 13.8 Å². The zero-order valence-corrected chi connectivity index (χ0v) is 4.40. The first-order valence-corrected chi connectivity index (χ1v) is 2.03. The topological polar surface area (TPSA) is 3.24 Å². The van der Waals surface area contributed by atoms with Gasteiger partial charge in [0, 0.05) is 13.1 Å². The summed E-state index contributed by atoms with van der Waals surface area (Å²) in [5, 5.41) is 0.667. The van der Waals surface area contributed by atoms with Gasteiger partial charge in [-0.15, -0.1) is 9.60 Å². The summed E-state index contributed by atoms with van der Waals surface area (Å²) in [4.78, 5) is 0. The molecule has 0 saturated carbocycles. The van der Waals surface area contributed by atoms with Gasteiger partial charge < -0.3 is 0 Å². The molecule has 0 atom stereocenters. The number of nitrogens with zero attached hydrogens (tertiary/aromatic N) is 1. The van der Waals surface area contributed by atoms with E-state index in [2.05, 4.69) is 0 Å². The number of halogens is 1. The molecule has 0 aromatic rings. The van der Waals surface area contributed by atoms with Crippen molar-refractivity contribution in [2.75, 3.05) is 7.05 Å². The highest BCUT2D eigenvalue weighted by Crippen LogP contribution is 1.89. The van der Waals surface area contributed by atoms with Crippen molar-refractivity contribution >= 4 is 0 Å². The lowest BCUT2D eigenvalue weighted by Gasteiger charge is -2.06. The molecule has 0 aliphatic heterocycles. The summed E-state index contributed by atoms with van der Waals surface area (Å²) in [5.41, 5.74) is 0. The van der Waals surface area contributed by atoms with Gasteiger partial charge in [-0.05, 0) is 13.8 Å². The Labute approximate surface area is 37.7 Å². The Hall–Kier alpha value is -0.110. The third-order valence-electron chi connectivity index (χ3n) is 0.712. The second-order valence-electron chi connectivity index (χ2n) is 1.62. The third-order valence-corrected chi connectivity index (χ3v) is 0.712. The maximum absolute atomic E-state index is 11.7. The average Bonchev–Trinajstić information content (AvgIpc) is 1.36. The fourth-order valence-corrected chi connectivity index (χ4v) is 0. The summed E-state index contributed by atoms with van der Waals surface area (Å²) in [6, 6.07) is 0.0185. The molecule has 0 aliphatic carbocycles. The number of hydrogen-bond acceptors (Lipinski definition) is 1. The largest absolute Gasteiger partial charge is 0.147 e. The fourth-order valence-electron chi connectivity index (χ4n) is 0. The predicted molar refractivity (Wildman–Crippen MR) is 24.0 cm³/mol. The molecule has 0 fully saturated rings. The molecule has 0 aromatic heterocycles. The van der Waals surface area contributed by atoms with E-state index in [9.17, 15) is 4.48 Å². The number of hydrogen-bond donors (Lipinski definition) is 0. The molecule has 1 nitrogen and oxygen atoms in total. The molecule has 0 N–H and O–H groups in total. The highest BCUT2D eigenvalue weighted by molar-refractivity contribution is 4.40. The van der Waals surface area contributed by atoms with Crippen molar-refractivity contribution < 1.29 is 4.48 Å². The van der Waals surface area contributed by atoms with Gasteiger partial charge >= 0.3 is 0 Å². The first-order valence-electron chi connectivity index (χ1n) is 2.03. The van der Waals surface area contributed by atoms with Crippen LogP contribution < -0.4 is 0 Å². The standard InChI is InChI=1S/C4H10FN/c1-4(2)6(3)5/h4H,1-3H3. The molecule has 0 radical (unpaired) electrons. The molecule has 0 amide bonds. The van der Waals surface area contributed by atoms with E-state index in [0.29, 0.717) is 5.12 Å². The highest BCUT2D eigenvalue weighted by atomic mass is 19.2. The van der Waals surface area contributed by atoms with Gasteiger partial charge in [0.1, 0.15) is 0 Å². The Morgan fingerprint density at radius 2 is 1.67 bits per heavy atom. The van der Waals surface area contributed by atoms with Crippen LogP contribution in [0.4, 0.5) is 4.48 Å². The van der Waals surface area contributed by atoms with Crippen LogP contribution in [0.25, 0.3) is 0 Å². The molecular weight excluding hydrogens is 81.0 g/mol. The van der Waals surface area contributed by atoms with E-state index < -0.39 is 0 Å². The Morgan fingerprint density at radius 1 is 1.50 bits per heavy atom.